The van der Waals surface area contributed by atoms with Gasteiger partial charge in [-0.1, -0.05) is 24.6 Å². The molecule has 2 atom stereocenters. The SMILES string of the molecule is Cc1ccc(=O)[nH]c1.Cc1ccncn1.FC(F)(F)Oc1cccc([C@H]2CCC[C@@H](N3CCCC3)C2)c1.[HH]. The largest absolute Gasteiger partial charge is 0.573 e. The van der Waals surface area contributed by atoms with Crippen molar-refractivity contribution < 1.29 is 19.3 Å². The van der Waals surface area contributed by atoms with Gasteiger partial charge in [-0.15, -0.1) is 13.2 Å². The fraction of sp³-hybridized carbons (Fsp3) is 0.464. The zero-order valence-electron chi connectivity index (χ0n) is 21.4. The lowest BCUT2D eigenvalue weighted by molar-refractivity contribution is -0.274. The maximum Gasteiger partial charge on any atom is 0.573 e. The van der Waals surface area contributed by atoms with E-state index in [1.807, 2.05) is 26.0 Å². The first-order chi connectivity index (χ1) is 17.7. The number of nitrogens with zero attached hydrogens (tertiary/aromatic N) is 3. The molecule has 6 nitrogen and oxygen atoms in total. The van der Waals surface area contributed by atoms with Crippen molar-refractivity contribution in [2.24, 2.45) is 0 Å². The lowest BCUT2D eigenvalue weighted by Crippen LogP contribution is -2.36. The van der Waals surface area contributed by atoms with Gasteiger partial charge < -0.3 is 14.6 Å². The van der Waals surface area contributed by atoms with Gasteiger partial charge in [0.2, 0.25) is 5.56 Å². The Hall–Kier alpha value is -3.20. The van der Waals surface area contributed by atoms with Crippen LogP contribution in [0.4, 0.5) is 13.2 Å². The van der Waals surface area contributed by atoms with Gasteiger partial charge in [0.05, 0.1) is 0 Å². The number of H-pyrrole nitrogens is 1. The number of benzene rings is 1. The second-order valence-electron chi connectivity index (χ2n) is 9.46. The highest BCUT2D eigenvalue weighted by Crippen LogP contribution is 2.37. The Kier molecular flexibility index (Phi) is 10.7. The van der Waals surface area contributed by atoms with E-state index in [2.05, 4.69) is 24.6 Å². The van der Waals surface area contributed by atoms with E-state index in [1.54, 1.807) is 30.6 Å². The first kappa shape index (κ1) is 28.4. The average Bonchev–Trinajstić information content (AvgIpc) is 3.42. The molecular weight excluding hydrogens is 481 g/mol. The van der Waals surface area contributed by atoms with Crippen LogP contribution >= 0.6 is 0 Å². The molecule has 9 heteroatoms. The summed E-state index contributed by atoms with van der Waals surface area (Å²) >= 11 is 0. The van der Waals surface area contributed by atoms with Crippen molar-refractivity contribution in [3.05, 3.63) is 88.4 Å². The molecule has 1 aromatic carbocycles. The summed E-state index contributed by atoms with van der Waals surface area (Å²) in [6.07, 6.45) is 7.34. The first-order valence-corrected chi connectivity index (χ1v) is 12.7. The smallest absolute Gasteiger partial charge is 0.406 e. The first-order valence-electron chi connectivity index (χ1n) is 12.7. The van der Waals surface area contributed by atoms with E-state index in [1.165, 1.54) is 50.8 Å². The molecule has 3 heterocycles. The molecule has 0 bridgehead atoms. The average molecular weight is 519 g/mol. The van der Waals surface area contributed by atoms with Crippen LogP contribution in [-0.4, -0.2) is 45.3 Å². The summed E-state index contributed by atoms with van der Waals surface area (Å²) in [7, 11) is 0. The number of hydrogen-bond donors (Lipinski definition) is 1. The minimum Gasteiger partial charge on any atom is -0.406 e. The monoisotopic (exact) mass is 518 g/mol. The van der Waals surface area contributed by atoms with Crippen molar-refractivity contribution in [2.45, 2.75) is 70.7 Å². The molecule has 1 aliphatic carbocycles. The van der Waals surface area contributed by atoms with Gasteiger partial charge in [-0.3, -0.25) is 4.79 Å². The number of pyridine rings is 1. The molecule has 1 saturated carbocycles. The number of aromatic amines is 1. The second-order valence-corrected chi connectivity index (χ2v) is 9.46. The quantitative estimate of drug-likeness (QED) is 0.433. The summed E-state index contributed by atoms with van der Waals surface area (Å²) in [6, 6.07) is 12.3. The van der Waals surface area contributed by atoms with Crippen LogP contribution in [0.5, 0.6) is 5.75 Å². The fourth-order valence-corrected chi connectivity index (χ4v) is 4.72. The van der Waals surface area contributed by atoms with Crippen LogP contribution in [0.2, 0.25) is 0 Å². The predicted molar refractivity (Wildman–Crippen MR) is 140 cm³/mol. The van der Waals surface area contributed by atoms with Crippen LogP contribution in [0.25, 0.3) is 0 Å². The van der Waals surface area contributed by atoms with E-state index in [4.69, 9.17) is 0 Å². The Balaban J connectivity index is 0.000000259. The molecule has 202 valence electrons. The number of aromatic nitrogens is 3. The molecule has 0 spiro atoms. The zero-order valence-corrected chi connectivity index (χ0v) is 21.4. The highest BCUT2D eigenvalue weighted by molar-refractivity contribution is 5.31. The molecule has 1 N–H and O–H groups in total. The predicted octanol–water partition coefficient (Wildman–Crippen LogP) is 6.42. The van der Waals surface area contributed by atoms with E-state index in [-0.39, 0.29) is 12.7 Å². The Morgan fingerprint density at radius 3 is 2.41 bits per heavy atom. The van der Waals surface area contributed by atoms with Crippen LogP contribution in [0.1, 0.15) is 62.7 Å². The van der Waals surface area contributed by atoms with Gasteiger partial charge in [0.15, 0.2) is 0 Å². The van der Waals surface area contributed by atoms with Crippen LogP contribution in [0.15, 0.2) is 66.0 Å². The highest BCUT2D eigenvalue weighted by Gasteiger charge is 2.32. The molecule has 0 unspecified atom stereocenters. The number of ether oxygens (including phenoxy) is 1. The van der Waals surface area contributed by atoms with E-state index in [0.29, 0.717) is 12.0 Å². The van der Waals surface area contributed by atoms with Crippen molar-refractivity contribution in [3.8, 4) is 5.75 Å². The standard InChI is InChI=1S/C17H22F3NO.C6H7NO.C5H6N2.H2/c18-17(19,20)22-16-8-4-6-14(12-16)13-5-3-7-15(11-13)21-9-1-2-10-21;1-5-2-3-6(8)7-4-5;1-5-2-3-6-4-7-5;/h4,6,8,12-13,15H,1-3,5,7,9-11H2;2-4H,1H3,(H,7,8);2-4H,1H3;1H/t13-,15+;;;/m0.../s1. The fourth-order valence-electron chi connectivity index (χ4n) is 4.72. The van der Waals surface area contributed by atoms with Crippen molar-refractivity contribution in [1.29, 1.82) is 0 Å². The van der Waals surface area contributed by atoms with E-state index in [0.717, 1.165) is 36.1 Å². The number of nitrogens with one attached hydrogen (secondary N) is 1. The molecule has 1 aliphatic heterocycles. The van der Waals surface area contributed by atoms with Crippen LogP contribution in [-0.2, 0) is 0 Å². The molecule has 0 radical (unpaired) electrons. The summed E-state index contributed by atoms with van der Waals surface area (Å²) < 4.78 is 41.1. The number of aryl methyl sites for hydroxylation is 2. The number of likely N-dealkylation sites (tertiary alicyclic amines) is 1. The minimum atomic E-state index is -4.62. The number of alkyl halides is 3. The van der Waals surface area contributed by atoms with Crippen molar-refractivity contribution in [3.63, 3.8) is 0 Å². The Morgan fingerprint density at radius 1 is 1.05 bits per heavy atom. The summed E-state index contributed by atoms with van der Waals surface area (Å²) in [5, 5.41) is 0. The zero-order chi connectivity index (χ0) is 26.7. The molecule has 2 fully saturated rings. The van der Waals surface area contributed by atoms with Crippen molar-refractivity contribution in [1.82, 2.24) is 19.9 Å². The summed E-state index contributed by atoms with van der Waals surface area (Å²) in [5.74, 6) is 0.240. The van der Waals surface area contributed by atoms with Crippen molar-refractivity contribution >= 4 is 0 Å². The van der Waals surface area contributed by atoms with Gasteiger partial charge in [0, 0.05) is 31.6 Å². The summed E-state index contributed by atoms with van der Waals surface area (Å²) in [4.78, 5) is 23.1. The molecule has 0 amide bonds. The molecule has 2 aliphatic rings. The molecule has 5 rings (SSSR count). The Labute approximate surface area is 217 Å². The normalized spacial score (nSPS) is 19.7. The third-order valence-corrected chi connectivity index (χ3v) is 6.54. The van der Waals surface area contributed by atoms with Gasteiger partial charge in [0.1, 0.15) is 12.1 Å². The summed E-state index contributed by atoms with van der Waals surface area (Å²) in [6.45, 7) is 6.21. The van der Waals surface area contributed by atoms with Crippen LogP contribution < -0.4 is 10.3 Å². The van der Waals surface area contributed by atoms with Gasteiger partial charge in [-0.05, 0) is 94.3 Å². The number of rotatable bonds is 3. The van der Waals surface area contributed by atoms with Gasteiger partial charge in [0.25, 0.3) is 0 Å². The topological polar surface area (TPSA) is 71.1 Å². The lowest BCUT2D eigenvalue weighted by atomic mass is 9.81. The van der Waals surface area contributed by atoms with E-state index < -0.39 is 6.36 Å². The number of hydrogen-bond acceptors (Lipinski definition) is 5. The van der Waals surface area contributed by atoms with Crippen LogP contribution in [0, 0.1) is 13.8 Å². The van der Waals surface area contributed by atoms with E-state index >= 15 is 0 Å². The molecule has 37 heavy (non-hydrogen) atoms. The second kappa shape index (κ2) is 13.9. The van der Waals surface area contributed by atoms with Gasteiger partial charge in [-0.2, -0.15) is 0 Å². The molecular formula is C28H37F3N4O2. The van der Waals surface area contributed by atoms with Gasteiger partial charge in [-0.25, -0.2) is 9.97 Å². The minimum absolute atomic E-state index is 0. The molecule has 1 saturated heterocycles. The molecule has 2 aromatic heterocycles. The molecule has 3 aromatic rings. The summed E-state index contributed by atoms with van der Waals surface area (Å²) in [5.41, 5.74) is 3.01. The van der Waals surface area contributed by atoms with Crippen molar-refractivity contribution in [2.75, 3.05) is 13.1 Å². The van der Waals surface area contributed by atoms with E-state index in [9.17, 15) is 18.0 Å². The van der Waals surface area contributed by atoms with Gasteiger partial charge >= 0.3 is 6.36 Å². The highest BCUT2D eigenvalue weighted by atomic mass is 19.4. The number of halogens is 3. The Bertz CT molecular complexity index is 1120. The maximum absolute atomic E-state index is 12.4. The van der Waals surface area contributed by atoms with Crippen LogP contribution in [0.3, 0.4) is 0 Å². The Morgan fingerprint density at radius 2 is 1.84 bits per heavy atom. The third-order valence-electron chi connectivity index (χ3n) is 6.54. The third kappa shape index (κ3) is 10.4. The lowest BCUT2D eigenvalue weighted by Gasteiger charge is -2.35. The maximum atomic E-state index is 12.4.